The van der Waals surface area contributed by atoms with E-state index in [4.69, 9.17) is 0 Å². The van der Waals surface area contributed by atoms with E-state index in [9.17, 15) is 24.5 Å². The van der Waals surface area contributed by atoms with Gasteiger partial charge in [-0.05, 0) is 6.92 Å². The minimum Gasteiger partial charge on any atom is -0.297 e. The molecule has 0 aliphatic carbocycles. The van der Waals surface area contributed by atoms with Crippen LogP contribution in [0.2, 0.25) is 0 Å². The van der Waals surface area contributed by atoms with Crippen LogP contribution in [-0.4, -0.2) is 21.3 Å². The van der Waals surface area contributed by atoms with Crippen LogP contribution in [0.5, 0.6) is 0 Å². The number of nitrogens with one attached hydrogen (secondary N) is 2. The highest BCUT2D eigenvalue weighted by Gasteiger charge is 2.16. The van der Waals surface area contributed by atoms with E-state index < -0.39 is 28.8 Å². The van der Waals surface area contributed by atoms with Crippen LogP contribution in [0.15, 0.2) is 16.9 Å². The summed E-state index contributed by atoms with van der Waals surface area (Å²) in [6.07, 6.45) is 0. The fourth-order valence-electron chi connectivity index (χ4n) is 1.39. The van der Waals surface area contributed by atoms with Crippen molar-refractivity contribution in [3.05, 3.63) is 38.3 Å². The number of hydrazine groups is 1. The van der Waals surface area contributed by atoms with E-state index >= 15 is 0 Å². The molecule has 2 N–H and O–H groups in total. The summed E-state index contributed by atoms with van der Waals surface area (Å²) in [5.41, 5.74) is 3.39. The molecule has 1 rings (SSSR count). The number of rotatable bonds is 3. The number of pyridine rings is 1. The van der Waals surface area contributed by atoms with Crippen molar-refractivity contribution in [3.63, 3.8) is 0 Å². The highest BCUT2D eigenvalue weighted by molar-refractivity contribution is 5.80. The van der Waals surface area contributed by atoms with E-state index in [0.717, 1.165) is 16.7 Å². The molecule has 102 valence electrons. The summed E-state index contributed by atoms with van der Waals surface area (Å²) in [6, 6.07) is 2.09. The summed E-state index contributed by atoms with van der Waals surface area (Å²) in [5, 5.41) is 10.7. The second-order valence-electron chi connectivity index (χ2n) is 3.71. The zero-order chi connectivity index (χ0) is 14.6. The van der Waals surface area contributed by atoms with E-state index in [0.29, 0.717) is 0 Å². The van der Waals surface area contributed by atoms with Crippen LogP contribution < -0.4 is 16.4 Å². The van der Waals surface area contributed by atoms with Crippen molar-refractivity contribution in [2.75, 3.05) is 0 Å². The molecule has 0 radical (unpaired) electrons. The van der Waals surface area contributed by atoms with Gasteiger partial charge in [-0.15, -0.1) is 0 Å². The van der Waals surface area contributed by atoms with Gasteiger partial charge in [-0.25, -0.2) is 0 Å². The van der Waals surface area contributed by atoms with Crippen LogP contribution in [0.1, 0.15) is 12.6 Å². The second-order valence-corrected chi connectivity index (χ2v) is 3.71. The Kier molecular flexibility index (Phi) is 4.35. The highest BCUT2D eigenvalue weighted by Crippen LogP contribution is 2.14. The molecule has 0 aromatic carbocycles. The quantitative estimate of drug-likeness (QED) is 0.550. The zero-order valence-electron chi connectivity index (χ0n) is 10.3. The zero-order valence-corrected chi connectivity index (χ0v) is 10.3. The van der Waals surface area contributed by atoms with Crippen molar-refractivity contribution in [1.82, 2.24) is 15.4 Å². The maximum absolute atomic E-state index is 11.6. The second kappa shape index (κ2) is 5.76. The molecule has 0 saturated heterocycles. The first kappa shape index (κ1) is 14.4. The number of hydrogen-bond acceptors (Lipinski definition) is 5. The standard InChI is InChI=1S/C10H12N4O5/c1-6-8(14(18)19)3-4-10(17)13(6)5-9(16)12-11-7(2)15/h3-4H,5H2,1-2H3,(H,11,15)(H,12,16). The minimum absolute atomic E-state index is 0.0653. The molecule has 9 nitrogen and oxygen atoms in total. The Morgan fingerprint density at radius 1 is 1.37 bits per heavy atom. The Morgan fingerprint density at radius 2 is 2.00 bits per heavy atom. The molecule has 0 aliphatic heterocycles. The van der Waals surface area contributed by atoms with E-state index in [-0.39, 0.29) is 11.4 Å². The summed E-state index contributed by atoms with van der Waals surface area (Å²) in [5.74, 6) is -1.14. The highest BCUT2D eigenvalue weighted by atomic mass is 16.6. The summed E-state index contributed by atoms with van der Waals surface area (Å²) < 4.78 is 0.954. The molecule has 2 amide bonds. The molecule has 0 bridgehead atoms. The predicted octanol–water partition coefficient (Wildman–Crippen LogP) is -0.768. The smallest absolute Gasteiger partial charge is 0.288 e. The van der Waals surface area contributed by atoms with Crippen LogP contribution in [0.4, 0.5) is 5.69 Å². The van der Waals surface area contributed by atoms with Crippen LogP contribution in [0.3, 0.4) is 0 Å². The molecule has 0 unspecified atom stereocenters. The van der Waals surface area contributed by atoms with Gasteiger partial charge in [0.1, 0.15) is 6.54 Å². The number of aromatic nitrogens is 1. The topological polar surface area (TPSA) is 123 Å². The first-order valence-corrected chi connectivity index (χ1v) is 5.23. The number of nitro groups is 1. The normalized spacial score (nSPS) is 9.79. The van der Waals surface area contributed by atoms with Gasteiger partial charge in [0.05, 0.1) is 10.6 Å². The van der Waals surface area contributed by atoms with Gasteiger partial charge in [-0.2, -0.15) is 0 Å². The lowest BCUT2D eigenvalue weighted by molar-refractivity contribution is -0.386. The number of hydrogen-bond donors (Lipinski definition) is 2. The molecule has 0 spiro atoms. The lowest BCUT2D eigenvalue weighted by Crippen LogP contribution is -2.43. The lowest BCUT2D eigenvalue weighted by Gasteiger charge is -2.10. The predicted molar refractivity (Wildman–Crippen MR) is 64.1 cm³/mol. The number of nitrogens with zero attached hydrogens (tertiary/aromatic N) is 2. The Bertz CT molecular complexity index is 592. The third-order valence-electron chi connectivity index (χ3n) is 2.30. The first-order chi connectivity index (χ1) is 8.82. The Balaban J connectivity index is 2.98. The van der Waals surface area contributed by atoms with Gasteiger partial charge in [0.15, 0.2) is 0 Å². The average molecular weight is 268 g/mol. The maximum Gasteiger partial charge on any atom is 0.288 e. The van der Waals surface area contributed by atoms with Gasteiger partial charge in [-0.3, -0.25) is 39.9 Å². The van der Waals surface area contributed by atoms with Crippen molar-refractivity contribution in [2.24, 2.45) is 0 Å². The lowest BCUT2D eigenvalue weighted by atomic mass is 10.3. The largest absolute Gasteiger partial charge is 0.297 e. The van der Waals surface area contributed by atoms with Crippen molar-refractivity contribution in [2.45, 2.75) is 20.4 Å². The van der Waals surface area contributed by atoms with Gasteiger partial charge in [0.25, 0.3) is 17.2 Å². The Morgan fingerprint density at radius 3 is 2.53 bits per heavy atom. The van der Waals surface area contributed by atoms with Gasteiger partial charge in [-0.1, -0.05) is 0 Å². The Labute approximate surface area is 107 Å². The van der Waals surface area contributed by atoms with E-state index in [2.05, 4.69) is 10.9 Å². The molecule has 0 atom stereocenters. The van der Waals surface area contributed by atoms with Gasteiger partial charge >= 0.3 is 0 Å². The van der Waals surface area contributed by atoms with Gasteiger partial charge in [0, 0.05) is 19.1 Å². The first-order valence-electron chi connectivity index (χ1n) is 5.23. The average Bonchev–Trinajstić information content (AvgIpc) is 2.31. The van der Waals surface area contributed by atoms with Crippen molar-refractivity contribution >= 4 is 17.5 Å². The fraction of sp³-hybridized carbons (Fsp3) is 0.300. The van der Waals surface area contributed by atoms with Gasteiger partial charge in [0.2, 0.25) is 5.91 Å². The van der Waals surface area contributed by atoms with Gasteiger partial charge < -0.3 is 0 Å². The maximum atomic E-state index is 11.6. The summed E-state index contributed by atoms with van der Waals surface area (Å²) in [7, 11) is 0. The van der Waals surface area contributed by atoms with Crippen LogP contribution >= 0.6 is 0 Å². The van der Waals surface area contributed by atoms with Crippen LogP contribution in [0.25, 0.3) is 0 Å². The summed E-state index contributed by atoms with van der Waals surface area (Å²) in [6.45, 7) is 2.14. The Hall–Kier alpha value is -2.71. The van der Waals surface area contributed by atoms with Crippen molar-refractivity contribution in [1.29, 1.82) is 0 Å². The molecule has 0 saturated carbocycles. The van der Waals surface area contributed by atoms with E-state index in [1.807, 2.05) is 0 Å². The molecule has 19 heavy (non-hydrogen) atoms. The summed E-state index contributed by atoms with van der Waals surface area (Å²) >= 11 is 0. The molecular formula is C10H12N4O5. The molecule has 9 heteroatoms. The number of carbonyl (C=O) groups excluding carboxylic acids is 2. The molecule has 0 fully saturated rings. The fourth-order valence-corrected chi connectivity index (χ4v) is 1.39. The molecule has 1 aromatic rings. The molecule has 1 heterocycles. The number of carbonyl (C=O) groups is 2. The third-order valence-corrected chi connectivity index (χ3v) is 2.30. The van der Waals surface area contributed by atoms with Crippen molar-refractivity contribution in [3.8, 4) is 0 Å². The SMILES string of the molecule is CC(=O)NNC(=O)Cn1c(C)c([N+](=O)[O-])ccc1=O. The summed E-state index contributed by atoms with van der Waals surface area (Å²) in [4.78, 5) is 43.7. The molecular weight excluding hydrogens is 256 g/mol. The monoisotopic (exact) mass is 268 g/mol. The van der Waals surface area contributed by atoms with Crippen molar-refractivity contribution < 1.29 is 14.5 Å². The van der Waals surface area contributed by atoms with Crippen LogP contribution in [-0.2, 0) is 16.1 Å². The minimum atomic E-state index is -0.666. The van der Waals surface area contributed by atoms with E-state index in [1.54, 1.807) is 0 Å². The van der Waals surface area contributed by atoms with E-state index in [1.165, 1.54) is 13.8 Å². The molecule has 1 aromatic heterocycles. The number of amides is 2. The third kappa shape index (κ3) is 3.63. The molecule has 0 aliphatic rings. The van der Waals surface area contributed by atoms with Crippen LogP contribution in [0, 0.1) is 17.0 Å².